The predicted molar refractivity (Wildman–Crippen MR) is 255 cm³/mol. The highest BCUT2D eigenvalue weighted by atomic mass is 16.5. The van der Waals surface area contributed by atoms with Gasteiger partial charge < -0.3 is 4.74 Å². The summed E-state index contributed by atoms with van der Waals surface area (Å²) in [6.45, 7) is 9.87. The molecule has 3 aromatic heterocycles. The predicted octanol–water partition coefficient (Wildman–Crippen LogP) is 14.1. The minimum absolute atomic E-state index is 0.140. The highest BCUT2D eigenvalue weighted by molar-refractivity contribution is 6.09. The van der Waals surface area contributed by atoms with Crippen molar-refractivity contribution in [1.82, 2.24) is 14.1 Å². The van der Waals surface area contributed by atoms with Crippen LogP contribution in [0.4, 0.5) is 0 Å². The lowest BCUT2D eigenvalue weighted by molar-refractivity contribution is -0.571. The number of aromatic nitrogens is 4. The van der Waals surface area contributed by atoms with Gasteiger partial charge in [0.05, 0.1) is 47.1 Å². The van der Waals surface area contributed by atoms with Crippen molar-refractivity contribution >= 4 is 32.8 Å². The van der Waals surface area contributed by atoms with Gasteiger partial charge in [-0.3, -0.25) is 13.7 Å². The summed E-state index contributed by atoms with van der Waals surface area (Å²) in [6, 6.07) is 30.2. The van der Waals surface area contributed by atoms with Crippen LogP contribution in [0.1, 0.15) is 62.2 Å². The van der Waals surface area contributed by atoms with E-state index < -0.39 is 72.2 Å². The summed E-state index contributed by atoms with van der Waals surface area (Å²) < 4.78 is 118. The molecule has 0 aliphatic carbocycles. The van der Waals surface area contributed by atoms with Gasteiger partial charge in [-0.25, -0.2) is 4.98 Å². The molecule has 3 heterocycles. The van der Waals surface area contributed by atoms with E-state index in [0.717, 1.165) is 33.8 Å². The number of hydrogen-bond acceptors (Lipinski definition) is 2. The SMILES string of the molecule is [2H]c1c([2H])c([2H])c(-c2cccc(-c3c([2H])c([2H])c([2H])c([2H])c3[2H])c2-[n+]2[c-]n(-c3cccc(Oc4ccc5c6ccccc6n(-c6cc(C([2H])([2H])C(C)(C)C)ccn6)c5c4)c3)c3cc(CC(C)C)ccc32)c([2H])c1[2H]. The van der Waals surface area contributed by atoms with Crippen molar-refractivity contribution in [1.29, 1.82) is 0 Å². The first-order valence-corrected chi connectivity index (χ1v) is 20.6. The number of benzene rings is 7. The molecule has 7 aromatic carbocycles. The van der Waals surface area contributed by atoms with Crippen molar-refractivity contribution in [2.75, 3.05) is 0 Å². The van der Waals surface area contributed by atoms with Gasteiger partial charge in [0.15, 0.2) is 0 Å². The average molecular weight is 819 g/mol. The molecular formula is C57H50N4O. The average Bonchev–Trinajstić information content (AvgIpc) is 3.91. The van der Waals surface area contributed by atoms with Crippen LogP contribution in [0.3, 0.4) is 0 Å². The lowest BCUT2D eigenvalue weighted by Gasteiger charge is -2.18. The van der Waals surface area contributed by atoms with E-state index in [9.17, 15) is 0 Å². The molecule has 304 valence electrons. The first kappa shape index (κ1) is 27.6. The van der Waals surface area contributed by atoms with Gasteiger partial charge >= 0.3 is 0 Å². The highest BCUT2D eigenvalue weighted by Gasteiger charge is 2.21. The summed E-state index contributed by atoms with van der Waals surface area (Å²) in [7, 11) is 0. The molecule has 62 heavy (non-hydrogen) atoms. The molecule has 0 saturated carbocycles. The maximum absolute atomic E-state index is 9.09. The Balaban J connectivity index is 1.17. The van der Waals surface area contributed by atoms with Gasteiger partial charge in [0.1, 0.15) is 17.3 Å². The molecule has 0 aliphatic rings. The quantitative estimate of drug-likeness (QED) is 0.102. The van der Waals surface area contributed by atoms with E-state index in [1.807, 2.05) is 115 Å². The first-order valence-electron chi connectivity index (χ1n) is 26.6. The van der Waals surface area contributed by atoms with Crippen LogP contribution >= 0.6 is 0 Å². The Morgan fingerprint density at radius 3 is 2.10 bits per heavy atom. The molecule has 10 aromatic rings. The van der Waals surface area contributed by atoms with E-state index in [2.05, 4.69) is 20.2 Å². The molecule has 0 unspecified atom stereocenters. The van der Waals surface area contributed by atoms with Gasteiger partial charge in [-0.15, -0.1) is 0 Å². The van der Waals surface area contributed by atoms with E-state index in [1.54, 1.807) is 41.1 Å². The van der Waals surface area contributed by atoms with Gasteiger partial charge in [-0.1, -0.05) is 155 Å². The Bertz CT molecular complexity index is 3780. The van der Waals surface area contributed by atoms with E-state index in [4.69, 9.17) is 26.2 Å². The second-order valence-electron chi connectivity index (χ2n) is 16.8. The summed E-state index contributed by atoms with van der Waals surface area (Å²) >= 11 is 0. The van der Waals surface area contributed by atoms with Gasteiger partial charge in [0, 0.05) is 25.8 Å². The summed E-state index contributed by atoms with van der Waals surface area (Å²) in [5.74, 6) is 1.85. The number of pyridine rings is 1. The fraction of sp³-hybridized carbons (Fsp3) is 0.158. The van der Waals surface area contributed by atoms with Crippen molar-refractivity contribution < 1.29 is 25.8 Å². The smallest absolute Gasteiger partial charge is 0.269 e. The zero-order chi connectivity index (χ0) is 52.9. The second kappa shape index (κ2) is 16.0. The third-order valence-electron chi connectivity index (χ3n) is 10.6. The number of fused-ring (bicyclic) bond motifs is 4. The third kappa shape index (κ3) is 7.56. The summed E-state index contributed by atoms with van der Waals surface area (Å²) in [4.78, 5) is 4.75. The van der Waals surface area contributed by atoms with Crippen molar-refractivity contribution in [3.63, 3.8) is 0 Å². The normalized spacial score (nSPS) is 14.9. The first-order chi connectivity index (χ1) is 35.1. The molecule has 0 amide bonds. The van der Waals surface area contributed by atoms with Crippen LogP contribution in [0.15, 0.2) is 182 Å². The molecule has 5 nitrogen and oxygen atoms in total. The molecule has 0 aliphatic heterocycles. The van der Waals surface area contributed by atoms with Gasteiger partial charge in [-0.2, -0.15) is 0 Å². The summed E-state index contributed by atoms with van der Waals surface area (Å²) in [6.07, 6.45) is 4.22. The number of hydrogen-bond donors (Lipinski definition) is 0. The van der Waals surface area contributed by atoms with Crippen LogP contribution in [0.5, 0.6) is 11.5 Å². The van der Waals surface area contributed by atoms with Crippen LogP contribution in [0.25, 0.3) is 72.3 Å². The van der Waals surface area contributed by atoms with Gasteiger partial charge in [-0.05, 0) is 107 Å². The number of nitrogens with zero attached hydrogens (tertiary/aromatic N) is 4. The van der Waals surface area contributed by atoms with Crippen LogP contribution in [0, 0.1) is 17.7 Å². The molecule has 0 spiro atoms. The number of para-hydroxylation sites is 2. The molecule has 0 fully saturated rings. The van der Waals surface area contributed by atoms with E-state index in [-0.39, 0.29) is 27.9 Å². The zero-order valence-electron chi connectivity index (χ0n) is 47.0. The van der Waals surface area contributed by atoms with Crippen molar-refractivity contribution in [3.8, 4) is 50.9 Å². The van der Waals surface area contributed by atoms with Crippen molar-refractivity contribution in [3.05, 3.63) is 199 Å². The highest BCUT2D eigenvalue weighted by Crippen LogP contribution is 2.37. The van der Waals surface area contributed by atoms with Gasteiger partial charge in [0.2, 0.25) is 0 Å². The Morgan fingerprint density at radius 1 is 0.677 bits per heavy atom. The fourth-order valence-electron chi connectivity index (χ4n) is 8.20. The number of imidazole rings is 1. The molecule has 10 rings (SSSR count). The number of ether oxygens (including phenoxy) is 1. The third-order valence-corrected chi connectivity index (χ3v) is 10.6. The van der Waals surface area contributed by atoms with E-state index in [1.165, 1.54) is 0 Å². The van der Waals surface area contributed by atoms with Gasteiger partial charge in [0.25, 0.3) is 6.33 Å². The maximum Gasteiger partial charge on any atom is 0.269 e. The van der Waals surface area contributed by atoms with E-state index in [0.29, 0.717) is 45.5 Å². The molecule has 0 radical (unpaired) electrons. The Hall–Kier alpha value is -7.24. The molecule has 5 heteroatoms. The Morgan fingerprint density at radius 2 is 1.37 bits per heavy atom. The minimum atomic E-state index is -1.65. The zero-order valence-corrected chi connectivity index (χ0v) is 35.0. The molecular weight excluding hydrogens is 757 g/mol. The Labute approximate surface area is 381 Å². The molecule has 0 saturated heterocycles. The van der Waals surface area contributed by atoms with E-state index >= 15 is 0 Å². The van der Waals surface area contributed by atoms with Crippen LogP contribution < -0.4 is 9.30 Å². The molecule has 0 atom stereocenters. The second-order valence-corrected chi connectivity index (χ2v) is 16.8. The molecule has 0 N–H and O–H groups in total. The monoisotopic (exact) mass is 818 g/mol. The van der Waals surface area contributed by atoms with Crippen LogP contribution in [0.2, 0.25) is 0 Å². The molecule has 0 bridgehead atoms. The van der Waals surface area contributed by atoms with Crippen molar-refractivity contribution in [2.24, 2.45) is 11.3 Å². The van der Waals surface area contributed by atoms with Crippen LogP contribution in [-0.2, 0) is 12.8 Å². The lowest BCUT2D eigenvalue weighted by atomic mass is 9.88. The topological polar surface area (TPSA) is 35.9 Å². The summed E-state index contributed by atoms with van der Waals surface area (Å²) in [5.41, 5.74) is 4.58. The fourth-order valence-corrected chi connectivity index (χ4v) is 8.20. The van der Waals surface area contributed by atoms with Crippen LogP contribution in [-0.4, -0.2) is 14.1 Å². The van der Waals surface area contributed by atoms with Crippen molar-refractivity contribution in [2.45, 2.75) is 47.4 Å². The number of rotatable bonds is 10. The standard InChI is InChI=1S/C57H50N4O/c1-39(2)32-40-26-29-52-54(33-40)59(38-60(52)56-47(42-16-8-6-9-17-42)23-15-24-48(56)43-18-10-7-11-19-43)44-20-14-21-45(35-44)62-46-27-28-50-49-22-12-13-25-51(49)61(53(50)36-46)55-34-41(30-31-58-55)37-57(3,4)5/h6-31,33-36,39H,32,37H2,1-5H3/i6D,7D,8D,9D,10D,11D,16D,17D,18D,19D,37D2. The summed E-state index contributed by atoms with van der Waals surface area (Å²) in [5, 5.41) is 1.94. The largest absolute Gasteiger partial charge is 0.458 e. The lowest BCUT2D eigenvalue weighted by Crippen LogP contribution is -2.31. The Kier molecular flexibility index (Phi) is 7.11. The maximum atomic E-state index is 9.09. The minimum Gasteiger partial charge on any atom is -0.458 e.